The fourth-order valence-corrected chi connectivity index (χ4v) is 3.53. The second-order valence-corrected chi connectivity index (χ2v) is 6.46. The van der Waals surface area contributed by atoms with Crippen LogP contribution in [-0.4, -0.2) is 6.54 Å². The van der Waals surface area contributed by atoms with E-state index in [1.165, 1.54) is 4.88 Å². The van der Waals surface area contributed by atoms with E-state index in [9.17, 15) is 0 Å². The molecule has 0 aliphatic heterocycles. The molecule has 5 heteroatoms. The molecular weight excluding hydrogens is 378 g/mol. The van der Waals surface area contributed by atoms with Crippen molar-refractivity contribution in [3.8, 4) is 5.75 Å². The van der Waals surface area contributed by atoms with Gasteiger partial charge in [0.25, 0.3) is 0 Å². The van der Waals surface area contributed by atoms with Crippen LogP contribution < -0.4 is 10.5 Å². The van der Waals surface area contributed by atoms with Crippen LogP contribution in [0.15, 0.2) is 38.6 Å². The molecule has 1 aromatic carbocycles. The van der Waals surface area contributed by atoms with E-state index in [1.54, 1.807) is 11.3 Å². The zero-order valence-electron chi connectivity index (χ0n) is 9.66. The first-order chi connectivity index (χ1) is 8.72. The molecule has 1 aromatic heterocycles. The summed E-state index contributed by atoms with van der Waals surface area (Å²) in [6.45, 7) is 1.19. The molecule has 0 aliphatic rings. The van der Waals surface area contributed by atoms with Gasteiger partial charge in [-0.1, -0.05) is 12.1 Å². The van der Waals surface area contributed by atoms with Crippen molar-refractivity contribution in [2.45, 2.75) is 13.0 Å². The Balaban J connectivity index is 2.15. The highest BCUT2D eigenvalue weighted by molar-refractivity contribution is 9.10. The second-order valence-electron chi connectivity index (χ2n) is 3.75. The van der Waals surface area contributed by atoms with Gasteiger partial charge in [0.05, 0.1) is 9.35 Å². The maximum Gasteiger partial charge on any atom is 0.137 e. The molecule has 0 radical (unpaired) electrons. The third-order valence-electron chi connectivity index (χ3n) is 2.50. The lowest BCUT2D eigenvalue weighted by Crippen LogP contribution is -2.05. The van der Waals surface area contributed by atoms with Crippen LogP contribution in [0, 0.1) is 0 Å². The lowest BCUT2D eigenvalue weighted by atomic mass is 10.1. The van der Waals surface area contributed by atoms with E-state index in [0.717, 1.165) is 26.7 Å². The van der Waals surface area contributed by atoms with Gasteiger partial charge in [-0.3, -0.25) is 0 Å². The Bertz CT molecular complexity index is 527. The van der Waals surface area contributed by atoms with E-state index in [1.807, 2.05) is 23.6 Å². The minimum Gasteiger partial charge on any atom is -0.487 e. The highest BCUT2D eigenvalue weighted by atomic mass is 79.9. The van der Waals surface area contributed by atoms with Crippen molar-refractivity contribution >= 4 is 43.2 Å². The SMILES string of the molecule is NCCc1cccc(Br)c1OCc1sccc1Br. The minimum atomic E-state index is 0.568. The fraction of sp³-hybridized carbons (Fsp3) is 0.231. The lowest BCUT2D eigenvalue weighted by Gasteiger charge is -2.12. The Kier molecular flexibility index (Phi) is 5.24. The molecule has 2 aromatic rings. The number of thiophene rings is 1. The maximum atomic E-state index is 5.92. The molecule has 0 bridgehead atoms. The van der Waals surface area contributed by atoms with Crippen LogP contribution in [0.3, 0.4) is 0 Å². The van der Waals surface area contributed by atoms with Crippen LogP contribution in [-0.2, 0) is 13.0 Å². The van der Waals surface area contributed by atoms with Gasteiger partial charge in [0.1, 0.15) is 12.4 Å². The summed E-state index contributed by atoms with van der Waals surface area (Å²) in [7, 11) is 0. The standard InChI is InChI=1S/C13H13Br2NOS/c14-10-5-7-18-12(10)8-17-13-9(4-6-16)2-1-3-11(13)15/h1-3,5,7H,4,6,8,16H2. The molecule has 0 aliphatic carbocycles. The summed E-state index contributed by atoms with van der Waals surface area (Å²) in [5.41, 5.74) is 6.76. The average Bonchev–Trinajstić information content (AvgIpc) is 2.75. The summed E-state index contributed by atoms with van der Waals surface area (Å²) in [5, 5.41) is 2.05. The fourth-order valence-electron chi connectivity index (χ4n) is 1.63. The third kappa shape index (κ3) is 3.35. The molecule has 0 unspecified atom stereocenters. The Morgan fingerprint density at radius 1 is 1.17 bits per heavy atom. The predicted molar refractivity (Wildman–Crippen MR) is 83.3 cm³/mol. The van der Waals surface area contributed by atoms with E-state index in [4.69, 9.17) is 10.5 Å². The van der Waals surface area contributed by atoms with Crippen LogP contribution in [0.1, 0.15) is 10.4 Å². The van der Waals surface area contributed by atoms with E-state index >= 15 is 0 Å². The number of ether oxygens (including phenoxy) is 1. The van der Waals surface area contributed by atoms with Gasteiger partial charge in [0, 0.05) is 4.47 Å². The monoisotopic (exact) mass is 389 g/mol. The summed E-state index contributed by atoms with van der Waals surface area (Å²) in [6, 6.07) is 8.07. The number of halogens is 2. The summed E-state index contributed by atoms with van der Waals surface area (Å²) >= 11 is 8.71. The topological polar surface area (TPSA) is 35.2 Å². The maximum absolute atomic E-state index is 5.92. The molecule has 2 nitrogen and oxygen atoms in total. The Labute approximate surface area is 127 Å². The van der Waals surface area contributed by atoms with E-state index < -0.39 is 0 Å². The summed E-state index contributed by atoms with van der Waals surface area (Å²) in [6.07, 6.45) is 0.820. The van der Waals surface area contributed by atoms with Crippen molar-refractivity contribution in [3.05, 3.63) is 49.0 Å². The second kappa shape index (κ2) is 6.70. The molecule has 1 heterocycles. The largest absolute Gasteiger partial charge is 0.487 e. The van der Waals surface area contributed by atoms with Gasteiger partial charge in [0.2, 0.25) is 0 Å². The highest BCUT2D eigenvalue weighted by Crippen LogP contribution is 2.31. The molecule has 0 saturated carbocycles. The average molecular weight is 391 g/mol. The van der Waals surface area contributed by atoms with Crippen LogP contribution >= 0.6 is 43.2 Å². The molecule has 2 rings (SSSR count). The summed E-state index contributed by atoms with van der Waals surface area (Å²) in [5.74, 6) is 0.892. The molecule has 96 valence electrons. The first kappa shape index (κ1) is 14.1. The van der Waals surface area contributed by atoms with E-state index in [0.29, 0.717) is 13.2 Å². The molecule has 2 N–H and O–H groups in total. The van der Waals surface area contributed by atoms with Crippen molar-refractivity contribution in [2.75, 3.05) is 6.54 Å². The molecule has 18 heavy (non-hydrogen) atoms. The Hall–Kier alpha value is -0.360. The smallest absolute Gasteiger partial charge is 0.137 e. The van der Waals surface area contributed by atoms with Crippen LogP contribution in [0.2, 0.25) is 0 Å². The first-order valence-electron chi connectivity index (χ1n) is 5.54. The summed E-state index contributed by atoms with van der Waals surface area (Å²) < 4.78 is 7.99. The zero-order chi connectivity index (χ0) is 13.0. The van der Waals surface area contributed by atoms with Gasteiger partial charge in [-0.25, -0.2) is 0 Å². The minimum absolute atomic E-state index is 0.568. The molecular formula is C13H13Br2NOS. The number of hydrogen-bond donors (Lipinski definition) is 1. The van der Waals surface area contributed by atoms with Crippen LogP contribution in [0.25, 0.3) is 0 Å². The van der Waals surface area contributed by atoms with Crippen molar-refractivity contribution in [1.29, 1.82) is 0 Å². The van der Waals surface area contributed by atoms with Crippen molar-refractivity contribution < 1.29 is 4.74 Å². The van der Waals surface area contributed by atoms with Gasteiger partial charge in [-0.15, -0.1) is 11.3 Å². The quantitative estimate of drug-likeness (QED) is 0.823. The normalized spacial score (nSPS) is 10.6. The van der Waals surface area contributed by atoms with Gasteiger partial charge in [-0.05, 0) is 67.9 Å². The lowest BCUT2D eigenvalue weighted by molar-refractivity contribution is 0.304. The highest BCUT2D eigenvalue weighted by Gasteiger charge is 2.09. The number of para-hydroxylation sites is 1. The van der Waals surface area contributed by atoms with Gasteiger partial charge in [-0.2, -0.15) is 0 Å². The van der Waals surface area contributed by atoms with Crippen LogP contribution in [0.5, 0.6) is 5.75 Å². The molecule has 0 spiro atoms. The number of nitrogens with two attached hydrogens (primary N) is 1. The third-order valence-corrected chi connectivity index (χ3v) is 5.03. The van der Waals surface area contributed by atoms with E-state index in [2.05, 4.69) is 37.9 Å². The first-order valence-corrected chi connectivity index (χ1v) is 8.01. The summed E-state index contributed by atoms with van der Waals surface area (Å²) in [4.78, 5) is 1.18. The van der Waals surface area contributed by atoms with Gasteiger partial charge >= 0.3 is 0 Å². The van der Waals surface area contributed by atoms with Crippen LogP contribution in [0.4, 0.5) is 0 Å². The molecule has 0 atom stereocenters. The van der Waals surface area contributed by atoms with Crippen molar-refractivity contribution in [1.82, 2.24) is 0 Å². The number of hydrogen-bond acceptors (Lipinski definition) is 3. The molecule has 0 amide bonds. The van der Waals surface area contributed by atoms with Gasteiger partial charge < -0.3 is 10.5 Å². The Morgan fingerprint density at radius 3 is 2.67 bits per heavy atom. The van der Waals surface area contributed by atoms with Crippen molar-refractivity contribution in [2.24, 2.45) is 5.73 Å². The predicted octanol–water partition coefficient (Wildman–Crippen LogP) is 4.35. The molecule has 0 fully saturated rings. The number of benzene rings is 1. The Morgan fingerprint density at radius 2 is 2.00 bits per heavy atom. The van der Waals surface area contributed by atoms with Gasteiger partial charge in [0.15, 0.2) is 0 Å². The van der Waals surface area contributed by atoms with Crippen molar-refractivity contribution in [3.63, 3.8) is 0 Å². The molecule has 0 saturated heterocycles. The zero-order valence-corrected chi connectivity index (χ0v) is 13.6. The number of rotatable bonds is 5. The van der Waals surface area contributed by atoms with E-state index in [-0.39, 0.29) is 0 Å².